The standard InChI is InChI=1S/C12H24NO4/c1-9(2)16-12(15)17-11(7-10(3)14)8-13(4,5)6/h9,11H,7-8H2,1-6H3/q+1. The third kappa shape index (κ3) is 9.81. The Morgan fingerprint density at radius 2 is 1.65 bits per heavy atom. The van der Waals surface area contributed by atoms with Crippen LogP contribution in [0.1, 0.15) is 27.2 Å². The van der Waals surface area contributed by atoms with E-state index in [1.807, 2.05) is 21.1 Å². The van der Waals surface area contributed by atoms with Crippen molar-refractivity contribution in [1.29, 1.82) is 0 Å². The smallest absolute Gasteiger partial charge is 0.432 e. The predicted molar refractivity (Wildman–Crippen MR) is 64.7 cm³/mol. The van der Waals surface area contributed by atoms with Crippen LogP contribution in [0.25, 0.3) is 0 Å². The van der Waals surface area contributed by atoms with Gasteiger partial charge < -0.3 is 14.0 Å². The summed E-state index contributed by atoms with van der Waals surface area (Å²) in [6.07, 6.45) is -1.13. The second-order valence-corrected chi connectivity index (χ2v) is 5.54. The molecule has 0 amide bonds. The molecule has 0 bridgehead atoms. The van der Waals surface area contributed by atoms with Gasteiger partial charge in [0.25, 0.3) is 0 Å². The van der Waals surface area contributed by atoms with Crippen LogP contribution in [-0.2, 0) is 14.3 Å². The molecule has 0 rings (SSSR count). The molecule has 17 heavy (non-hydrogen) atoms. The van der Waals surface area contributed by atoms with Gasteiger partial charge in [-0.1, -0.05) is 0 Å². The van der Waals surface area contributed by atoms with Crippen LogP contribution in [0.3, 0.4) is 0 Å². The van der Waals surface area contributed by atoms with Gasteiger partial charge in [-0.3, -0.25) is 4.79 Å². The van der Waals surface area contributed by atoms with Crippen LogP contribution in [-0.4, -0.2) is 56.3 Å². The fourth-order valence-corrected chi connectivity index (χ4v) is 1.43. The number of carbonyl (C=O) groups is 2. The van der Waals surface area contributed by atoms with Crippen molar-refractivity contribution in [2.24, 2.45) is 0 Å². The third-order valence-electron chi connectivity index (χ3n) is 1.86. The minimum absolute atomic E-state index is 0.000738. The molecule has 0 aliphatic heterocycles. The van der Waals surface area contributed by atoms with Crippen molar-refractivity contribution < 1.29 is 23.5 Å². The van der Waals surface area contributed by atoms with Gasteiger partial charge in [0, 0.05) is 6.42 Å². The molecule has 0 saturated heterocycles. The van der Waals surface area contributed by atoms with E-state index in [2.05, 4.69) is 0 Å². The minimum atomic E-state index is -0.709. The lowest BCUT2D eigenvalue weighted by Gasteiger charge is -2.28. The Hall–Kier alpha value is -1.10. The first kappa shape index (κ1) is 15.9. The van der Waals surface area contributed by atoms with Crippen LogP contribution >= 0.6 is 0 Å². The lowest BCUT2D eigenvalue weighted by molar-refractivity contribution is -0.873. The summed E-state index contributed by atoms with van der Waals surface area (Å²) in [6, 6.07) is 0. The summed E-state index contributed by atoms with van der Waals surface area (Å²) in [4.78, 5) is 22.5. The predicted octanol–water partition coefficient (Wildman–Crippen LogP) is 1.60. The average Bonchev–Trinajstić information content (AvgIpc) is 1.95. The van der Waals surface area contributed by atoms with E-state index in [4.69, 9.17) is 9.47 Å². The molecule has 5 nitrogen and oxygen atoms in total. The molecule has 1 atom stereocenters. The van der Waals surface area contributed by atoms with E-state index in [-0.39, 0.29) is 18.3 Å². The highest BCUT2D eigenvalue weighted by Crippen LogP contribution is 2.07. The third-order valence-corrected chi connectivity index (χ3v) is 1.86. The highest BCUT2D eigenvalue weighted by Gasteiger charge is 2.24. The Balaban J connectivity index is 4.38. The van der Waals surface area contributed by atoms with Crippen molar-refractivity contribution in [2.75, 3.05) is 27.7 Å². The molecule has 1 unspecified atom stereocenters. The molecule has 0 saturated carbocycles. The first-order chi connectivity index (χ1) is 7.60. The number of nitrogens with zero attached hydrogens (tertiary/aromatic N) is 1. The maximum absolute atomic E-state index is 11.4. The number of ketones is 1. The van der Waals surface area contributed by atoms with Gasteiger partial charge in [-0.2, -0.15) is 0 Å². The summed E-state index contributed by atoms with van der Waals surface area (Å²) in [5, 5.41) is 0. The zero-order valence-corrected chi connectivity index (χ0v) is 11.6. The Labute approximate surface area is 103 Å². The Bertz CT molecular complexity index is 268. The molecular formula is C12H24NO4+. The molecule has 0 N–H and O–H groups in total. The van der Waals surface area contributed by atoms with Crippen LogP contribution in [0.15, 0.2) is 0 Å². The van der Waals surface area contributed by atoms with E-state index in [0.717, 1.165) is 0 Å². The second-order valence-electron chi connectivity index (χ2n) is 5.54. The van der Waals surface area contributed by atoms with Crippen LogP contribution in [0.5, 0.6) is 0 Å². The zero-order valence-electron chi connectivity index (χ0n) is 11.6. The molecule has 5 heteroatoms. The molecule has 0 aliphatic carbocycles. The van der Waals surface area contributed by atoms with E-state index in [1.165, 1.54) is 6.92 Å². The van der Waals surface area contributed by atoms with Crippen molar-refractivity contribution in [3.63, 3.8) is 0 Å². The quantitative estimate of drug-likeness (QED) is 0.527. The molecule has 0 spiro atoms. The van der Waals surface area contributed by atoms with E-state index in [0.29, 0.717) is 11.0 Å². The van der Waals surface area contributed by atoms with E-state index >= 15 is 0 Å². The number of likely N-dealkylation sites (N-methyl/N-ethyl adjacent to an activating group) is 1. The number of quaternary nitrogens is 1. The summed E-state index contributed by atoms with van der Waals surface area (Å²) in [5.74, 6) is 0.000738. The van der Waals surface area contributed by atoms with Gasteiger partial charge in [0.1, 0.15) is 12.3 Å². The van der Waals surface area contributed by atoms with Gasteiger partial charge in [-0.15, -0.1) is 0 Å². The summed E-state index contributed by atoms with van der Waals surface area (Å²) in [5.41, 5.74) is 0. The maximum atomic E-state index is 11.4. The first-order valence-corrected chi connectivity index (χ1v) is 5.77. The monoisotopic (exact) mass is 246 g/mol. The fourth-order valence-electron chi connectivity index (χ4n) is 1.43. The Kier molecular flexibility index (Phi) is 6.16. The number of rotatable bonds is 6. The number of hydrogen-bond donors (Lipinski definition) is 0. The topological polar surface area (TPSA) is 52.6 Å². The van der Waals surface area contributed by atoms with E-state index in [9.17, 15) is 9.59 Å². The highest BCUT2D eigenvalue weighted by atomic mass is 16.7. The number of Topliss-reactive ketones (excluding diaryl/α,β-unsaturated/α-hetero) is 1. The highest BCUT2D eigenvalue weighted by molar-refractivity contribution is 5.76. The van der Waals surface area contributed by atoms with Crippen molar-refractivity contribution in [3.05, 3.63) is 0 Å². The second kappa shape index (κ2) is 6.59. The van der Waals surface area contributed by atoms with Crippen molar-refractivity contribution in [2.45, 2.75) is 39.4 Å². The van der Waals surface area contributed by atoms with E-state index in [1.54, 1.807) is 13.8 Å². The summed E-state index contributed by atoms with van der Waals surface area (Å²) in [7, 11) is 5.93. The molecule has 0 radical (unpaired) electrons. The molecule has 0 aromatic carbocycles. The van der Waals surface area contributed by atoms with Crippen LogP contribution in [0.4, 0.5) is 4.79 Å². The normalized spacial score (nSPS) is 13.4. The first-order valence-electron chi connectivity index (χ1n) is 5.77. The molecule has 0 aromatic heterocycles. The largest absolute Gasteiger partial charge is 0.509 e. The molecule has 0 aromatic rings. The van der Waals surface area contributed by atoms with Crippen molar-refractivity contribution in [3.8, 4) is 0 Å². The summed E-state index contributed by atoms with van der Waals surface area (Å²) in [6.45, 7) is 5.56. The zero-order chi connectivity index (χ0) is 13.6. The number of ether oxygens (including phenoxy) is 2. The minimum Gasteiger partial charge on any atom is -0.432 e. The van der Waals surface area contributed by atoms with Gasteiger partial charge in [0.2, 0.25) is 0 Å². The van der Waals surface area contributed by atoms with Crippen LogP contribution < -0.4 is 0 Å². The average molecular weight is 246 g/mol. The van der Waals surface area contributed by atoms with Gasteiger partial charge >= 0.3 is 6.16 Å². The summed E-state index contributed by atoms with van der Waals surface area (Å²) < 4.78 is 10.7. The lowest BCUT2D eigenvalue weighted by Crippen LogP contribution is -2.43. The summed E-state index contributed by atoms with van der Waals surface area (Å²) >= 11 is 0. The van der Waals surface area contributed by atoms with Gasteiger partial charge in [0.15, 0.2) is 6.10 Å². The van der Waals surface area contributed by atoms with E-state index < -0.39 is 12.3 Å². The Morgan fingerprint density at radius 3 is 2.00 bits per heavy atom. The SMILES string of the molecule is CC(=O)CC(C[N+](C)(C)C)OC(=O)OC(C)C. The number of hydrogen-bond acceptors (Lipinski definition) is 4. The van der Waals surface area contributed by atoms with Gasteiger partial charge in [-0.05, 0) is 20.8 Å². The molecule has 0 heterocycles. The fraction of sp³-hybridized carbons (Fsp3) is 0.833. The molecule has 0 aliphatic rings. The van der Waals surface area contributed by atoms with Crippen LogP contribution in [0.2, 0.25) is 0 Å². The van der Waals surface area contributed by atoms with Crippen molar-refractivity contribution >= 4 is 11.9 Å². The maximum Gasteiger partial charge on any atom is 0.509 e. The van der Waals surface area contributed by atoms with Crippen molar-refractivity contribution in [1.82, 2.24) is 0 Å². The molecule has 0 fully saturated rings. The number of carbonyl (C=O) groups excluding carboxylic acids is 2. The molecular weight excluding hydrogens is 222 g/mol. The van der Waals surface area contributed by atoms with Crippen LogP contribution in [0, 0.1) is 0 Å². The van der Waals surface area contributed by atoms with Gasteiger partial charge in [-0.25, -0.2) is 4.79 Å². The lowest BCUT2D eigenvalue weighted by atomic mass is 10.2. The molecule has 100 valence electrons. The Morgan fingerprint density at radius 1 is 1.12 bits per heavy atom. The van der Waals surface area contributed by atoms with Gasteiger partial charge in [0.05, 0.1) is 27.2 Å².